The molecule has 0 saturated heterocycles. The van der Waals surface area contributed by atoms with Gasteiger partial charge in [-0.05, 0) is 19.9 Å². The van der Waals surface area contributed by atoms with Gasteiger partial charge >= 0.3 is 5.69 Å². The average Bonchev–Trinajstić information content (AvgIpc) is 2.41. The number of hydrogen-bond donors (Lipinski definition) is 0. The van der Waals surface area contributed by atoms with Gasteiger partial charge in [0.25, 0.3) is 0 Å². The number of nitrogens with zero attached hydrogens (tertiary/aromatic N) is 1. The van der Waals surface area contributed by atoms with Crippen LogP contribution in [0.3, 0.4) is 0 Å². The van der Waals surface area contributed by atoms with Crippen LogP contribution in [0, 0.1) is 10.1 Å². The van der Waals surface area contributed by atoms with Crippen LogP contribution in [0.25, 0.3) is 0 Å². The second-order valence-corrected chi connectivity index (χ2v) is 5.02. The van der Waals surface area contributed by atoms with Crippen LogP contribution in [0.15, 0.2) is 16.6 Å². The van der Waals surface area contributed by atoms with Gasteiger partial charge in [0.2, 0.25) is 5.75 Å². The summed E-state index contributed by atoms with van der Waals surface area (Å²) >= 11 is 3.38. The van der Waals surface area contributed by atoms with Gasteiger partial charge in [0.1, 0.15) is 5.60 Å². The minimum atomic E-state index is -0.410. The summed E-state index contributed by atoms with van der Waals surface area (Å²) in [6.45, 7) is 3.84. The van der Waals surface area contributed by atoms with Crippen LogP contribution in [0.5, 0.6) is 5.75 Å². The highest BCUT2D eigenvalue weighted by molar-refractivity contribution is 9.10. The molecule has 0 radical (unpaired) electrons. The van der Waals surface area contributed by atoms with Gasteiger partial charge in [-0.15, -0.1) is 0 Å². The normalized spacial score (nSPS) is 17.0. The third-order valence-corrected chi connectivity index (χ3v) is 3.10. The van der Waals surface area contributed by atoms with Crippen molar-refractivity contribution in [2.45, 2.75) is 25.9 Å². The number of rotatable bonds is 1. The number of benzene rings is 1. The highest BCUT2D eigenvalue weighted by atomic mass is 79.9. The molecule has 0 saturated carbocycles. The summed E-state index contributed by atoms with van der Waals surface area (Å²) in [5.74, 6) is 0.402. The SMILES string of the molecule is CC1(C)Cc2c(Br)ccc([N+](=O)[O-])c2O1. The van der Waals surface area contributed by atoms with Crippen molar-refractivity contribution in [1.29, 1.82) is 0 Å². The van der Waals surface area contributed by atoms with Gasteiger partial charge in [0.05, 0.1) is 4.92 Å². The Balaban J connectivity index is 2.60. The summed E-state index contributed by atoms with van der Waals surface area (Å²) in [6, 6.07) is 3.16. The Labute approximate surface area is 95.5 Å². The molecule has 1 heterocycles. The van der Waals surface area contributed by atoms with Gasteiger partial charge in [-0.2, -0.15) is 0 Å². The Kier molecular flexibility index (Phi) is 2.22. The molecule has 1 aliphatic heterocycles. The van der Waals surface area contributed by atoms with E-state index in [2.05, 4.69) is 15.9 Å². The van der Waals surface area contributed by atoms with Gasteiger partial charge in [-0.25, -0.2) is 0 Å². The first-order valence-electron chi connectivity index (χ1n) is 4.55. The lowest BCUT2D eigenvalue weighted by atomic mass is 10.0. The van der Waals surface area contributed by atoms with Crippen molar-refractivity contribution < 1.29 is 9.66 Å². The summed E-state index contributed by atoms with van der Waals surface area (Å²) in [5.41, 5.74) is 0.560. The van der Waals surface area contributed by atoms with E-state index in [0.29, 0.717) is 12.2 Å². The van der Waals surface area contributed by atoms with E-state index in [0.717, 1.165) is 10.0 Å². The molecular weight excluding hydrogens is 262 g/mol. The van der Waals surface area contributed by atoms with Crippen LogP contribution in [0.1, 0.15) is 19.4 Å². The fourth-order valence-corrected chi connectivity index (χ4v) is 2.20. The summed E-state index contributed by atoms with van der Waals surface area (Å²) < 4.78 is 6.47. The second kappa shape index (κ2) is 3.20. The molecule has 0 atom stereocenters. The second-order valence-electron chi connectivity index (χ2n) is 4.17. The molecule has 4 nitrogen and oxygen atoms in total. The van der Waals surface area contributed by atoms with E-state index in [1.807, 2.05) is 13.8 Å². The van der Waals surface area contributed by atoms with Gasteiger partial charge in [-0.1, -0.05) is 15.9 Å². The van der Waals surface area contributed by atoms with Crippen molar-refractivity contribution in [3.63, 3.8) is 0 Å². The van der Waals surface area contributed by atoms with E-state index < -0.39 is 4.92 Å². The van der Waals surface area contributed by atoms with Crippen LogP contribution in [0.2, 0.25) is 0 Å². The maximum Gasteiger partial charge on any atom is 0.311 e. The molecule has 0 N–H and O–H groups in total. The number of ether oxygens (including phenoxy) is 1. The molecule has 15 heavy (non-hydrogen) atoms. The van der Waals surface area contributed by atoms with Crippen molar-refractivity contribution in [1.82, 2.24) is 0 Å². The van der Waals surface area contributed by atoms with E-state index in [4.69, 9.17) is 4.74 Å². The third-order valence-electron chi connectivity index (χ3n) is 2.36. The molecule has 0 unspecified atom stereocenters. The highest BCUT2D eigenvalue weighted by Gasteiger charge is 2.36. The minimum Gasteiger partial charge on any atom is -0.480 e. The van der Waals surface area contributed by atoms with E-state index in [1.54, 1.807) is 6.07 Å². The quantitative estimate of drug-likeness (QED) is 0.583. The number of nitro benzene ring substituents is 1. The largest absolute Gasteiger partial charge is 0.480 e. The van der Waals surface area contributed by atoms with E-state index in [-0.39, 0.29) is 11.3 Å². The maximum absolute atomic E-state index is 10.8. The van der Waals surface area contributed by atoms with Crippen molar-refractivity contribution in [2.75, 3.05) is 0 Å². The topological polar surface area (TPSA) is 52.4 Å². The highest BCUT2D eigenvalue weighted by Crippen LogP contribution is 2.44. The van der Waals surface area contributed by atoms with Crippen LogP contribution >= 0.6 is 15.9 Å². The maximum atomic E-state index is 10.8. The molecule has 1 aromatic rings. The molecule has 1 aliphatic rings. The van der Waals surface area contributed by atoms with Gasteiger partial charge in [0.15, 0.2) is 0 Å². The molecule has 80 valence electrons. The summed E-state index contributed by atoms with van der Waals surface area (Å²) in [7, 11) is 0. The first-order valence-corrected chi connectivity index (χ1v) is 5.35. The number of halogens is 1. The zero-order valence-electron chi connectivity index (χ0n) is 8.41. The summed E-state index contributed by atoms with van der Waals surface area (Å²) in [5, 5.41) is 10.8. The van der Waals surface area contributed by atoms with Crippen molar-refractivity contribution >= 4 is 21.6 Å². The lowest BCUT2D eigenvalue weighted by Gasteiger charge is -2.16. The lowest BCUT2D eigenvalue weighted by molar-refractivity contribution is -0.386. The standard InChI is InChI=1S/C10H10BrNO3/c1-10(2)5-6-7(11)3-4-8(12(13)14)9(6)15-10/h3-4H,5H2,1-2H3. The Hall–Kier alpha value is -1.10. The molecular formula is C10H10BrNO3. The molecule has 0 aromatic heterocycles. The Morgan fingerprint density at radius 3 is 2.80 bits per heavy atom. The molecule has 0 aliphatic carbocycles. The van der Waals surface area contributed by atoms with Crippen molar-refractivity contribution in [3.8, 4) is 5.75 Å². The third kappa shape index (κ3) is 1.71. The molecule has 1 aromatic carbocycles. The van der Waals surface area contributed by atoms with E-state index in [1.165, 1.54) is 6.07 Å². The fraction of sp³-hybridized carbons (Fsp3) is 0.400. The van der Waals surface area contributed by atoms with Gasteiger partial charge in [0, 0.05) is 22.5 Å². The minimum absolute atomic E-state index is 0.0405. The number of hydrogen-bond acceptors (Lipinski definition) is 3. The molecule has 0 spiro atoms. The average molecular weight is 272 g/mol. The predicted molar refractivity (Wildman–Crippen MR) is 59.2 cm³/mol. The van der Waals surface area contributed by atoms with Crippen molar-refractivity contribution in [2.24, 2.45) is 0 Å². The van der Waals surface area contributed by atoms with Crippen molar-refractivity contribution in [3.05, 3.63) is 32.3 Å². The Morgan fingerprint density at radius 1 is 1.53 bits per heavy atom. The van der Waals surface area contributed by atoms with Crippen LogP contribution < -0.4 is 4.74 Å². The number of fused-ring (bicyclic) bond motifs is 1. The molecule has 0 amide bonds. The van der Waals surface area contributed by atoms with Gasteiger partial charge < -0.3 is 4.74 Å². The number of nitro groups is 1. The van der Waals surface area contributed by atoms with Crippen LogP contribution in [-0.4, -0.2) is 10.5 Å². The predicted octanol–water partition coefficient (Wildman–Crippen LogP) is 3.07. The monoisotopic (exact) mass is 271 g/mol. The first kappa shape index (κ1) is 10.4. The smallest absolute Gasteiger partial charge is 0.311 e. The van der Waals surface area contributed by atoms with Crippen LogP contribution in [0.4, 0.5) is 5.69 Å². The fourth-order valence-electron chi connectivity index (χ4n) is 1.75. The van der Waals surface area contributed by atoms with Crippen LogP contribution in [-0.2, 0) is 6.42 Å². The Bertz CT molecular complexity index is 443. The lowest BCUT2D eigenvalue weighted by Crippen LogP contribution is -2.24. The molecule has 0 bridgehead atoms. The molecule has 5 heteroatoms. The summed E-state index contributed by atoms with van der Waals surface area (Å²) in [6.07, 6.45) is 0.685. The first-order chi connectivity index (χ1) is 6.91. The zero-order valence-corrected chi connectivity index (χ0v) is 10.00. The molecule has 0 fully saturated rings. The van der Waals surface area contributed by atoms with Gasteiger partial charge in [-0.3, -0.25) is 10.1 Å². The molecule has 2 rings (SSSR count). The Morgan fingerprint density at radius 2 is 2.20 bits per heavy atom. The van der Waals surface area contributed by atoms with E-state index in [9.17, 15) is 10.1 Å². The zero-order chi connectivity index (χ0) is 11.2. The van der Waals surface area contributed by atoms with E-state index >= 15 is 0 Å². The summed E-state index contributed by atoms with van der Waals surface area (Å²) in [4.78, 5) is 10.4.